The number of piperazine rings is 1. The van der Waals surface area contributed by atoms with Crippen molar-refractivity contribution in [3.63, 3.8) is 0 Å². The largest absolute Gasteiger partial charge is 0.372 e. The Labute approximate surface area is 260 Å². The molecule has 0 saturated carbocycles. The number of amides is 3. The number of carbonyl (C=O) groups is 2. The topological polar surface area (TPSA) is 95.8 Å². The van der Waals surface area contributed by atoms with Crippen molar-refractivity contribution in [3.05, 3.63) is 68.9 Å². The summed E-state index contributed by atoms with van der Waals surface area (Å²) < 4.78 is 7.30. The Morgan fingerprint density at radius 3 is 2.21 bits per heavy atom. The smallest absolute Gasteiger partial charge is 0.322 e. The molecule has 0 aliphatic carbocycles. The third-order valence-corrected chi connectivity index (χ3v) is 8.59. The second-order valence-corrected chi connectivity index (χ2v) is 12.5. The Bertz CT molecular complexity index is 1440. The van der Waals surface area contributed by atoms with E-state index in [9.17, 15) is 9.59 Å². The van der Waals surface area contributed by atoms with Gasteiger partial charge in [0.05, 0.1) is 45.2 Å². The van der Waals surface area contributed by atoms with Crippen LogP contribution in [0.5, 0.6) is 0 Å². The second-order valence-electron chi connectivity index (χ2n) is 11.2. The van der Waals surface area contributed by atoms with E-state index in [1.165, 1.54) is 0 Å². The average Bonchev–Trinajstić information content (AvgIpc) is 3.42. The normalized spacial score (nSPS) is 20.1. The van der Waals surface area contributed by atoms with Gasteiger partial charge in [0.2, 0.25) is 0 Å². The van der Waals surface area contributed by atoms with Crippen LogP contribution in [0.2, 0.25) is 15.1 Å². The standard InChI is InChI=1S/C29H34Cl3N7O3/c1-18-15-37(16-19(2)42-18)28(41)33-24-8-6-5-7-21(24)27(40)36-9-11-38(12-10-36)29(3,4)25-17-39(35-34-25)26-22(31)13-20(30)14-23(26)32/h5-8,13-14,17-19H,9-12,15-16H2,1-4H3,(H,33,41)/t18-,19+. The molecule has 3 aromatic rings. The van der Waals surface area contributed by atoms with Crippen LogP contribution in [0, 0.1) is 0 Å². The number of nitrogens with one attached hydrogen (secondary N) is 1. The lowest BCUT2D eigenvalue weighted by molar-refractivity contribution is -0.0530. The van der Waals surface area contributed by atoms with Crippen LogP contribution < -0.4 is 5.32 Å². The molecule has 0 radical (unpaired) electrons. The summed E-state index contributed by atoms with van der Waals surface area (Å²) in [5, 5.41) is 12.8. The van der Waals surface area contributed by atoms with Crippen LogP contribution in [-0.2, 0) is 10.3 Å². The number of ether oxygens (including phenoxy) is 1. The van der Waals surface area contributed by atoms with Crippen LogP contribution in [0.3, 0.4) is 0 Å². The number of rotatable bonds is 5. The minimum Gasteiger partial charge on any atom is -0.372 e. The van der Waals surface area contributed by atoms with Crippen molar-refractivity contribution in [2.75, 3.05) is 44.6 Å². The summed E-state index contributed by atoms with van der Waals surface area (Å²) in [6.07, 6.45) is 1.72. The zero-order chi connectivity index (χ0) is 30.2. The van der Waals surface area contributed by atoms with E-state index in [1.54, 1.807) is 33.8 Å². The monoisotopic (exact) mass is 633 g/mol. The quantitative estimate of drug-likeness (QED) is 0.395. The summed E-state index contributed by atoms with van der Waals surface area (Å²) in [5.74, 6) is -0.120. The van der Waals surface area contributed by atoms with Gasteiger partial charge in [-0.05, 0) is 52.0 Å². The molecule has 13 heteroatoms. The highest BCUT2D eigenvalue weighted by molar-refractivity contribution is 6.40. The van der Waals surface area contributed by atoms with E-state index in [-0.39, 0.29) is 24.1 Å². The molecule has 2 atom stereocenters. The van der Waals surface area contributed by atoms with Crippen LogP contribution in [0.25, 0.3) is 5.69 Å². The average molecular weight is 635 g/mol. The van der Waals surface area contributed by atoms with Crippen molar-refractivity contribution < 1.29 is 14.3 Å². The van der Waals surface area contributed by atoms with Gasteiger partial charge in [0, 0.05) is 44.3 Å². The number of anilines is 1. The molecule has 10 nitrogen and oxygen atoms in total. The number of halogens is 3. The van der Waals surface area contributed by atoms with E-state index in [2.05, 4.69) is 34.4 Å². The Hall–Kier alpha value is -2.89. The maximum atomic E-state index is 13.6. The molecule has 1 aromatic heterocycles. The Kier molecular flexibility index (Phi) is 9.01. The number of hydrogen-bond acceptors (Lipinski definition) is 6. The molecule has 0 unspecified atom stereocenters. The minimum absolute atomic E-state index is 0.0468. The summed E-state index contributed by atoms with van der Waals surface area (Å²) >= 11 is 18.8. The first-order valence-electron chi connectivity index (χ1n) is 13.9. The van der Waals surface area contributed by atoms with Crippen LogP contribution >= 0.6 is 34.8 Å². The van der Waals surface area contributed by atoms with E-state index >= 15 is 0 Å². The summed E-state index contributed by atoms with van der Waals surface area (Å²) in [6, 6.07) is 10.1. The molecule has 0 bridgehead atoms. The van der Waals surface area contributed by atoms with E-state index in [0.29, 0.717) is 71.3 Å². The first-order valence-corrected chi connectivity index (χ1v) is 15.0. The highest BCUT2D eigenvalue weighted by atomic mass is 35.5. The molecule has 5 rings (SSSR count). The van der Waals surface area contributed by atoms with Crippen LogP contribution in [0.15, 0.2) is 42.6 Å². The number of morpholine rings is 1. The second kappa shape index (κ2) is 12.4. The third-order valence-electron chi connectivity index (χ3n) is 7.79. The van der Waals surface area contributed by atoms with Crippen molar-refractivity contribution >= 4 is 52.4 Å². The number of para-hydroxylation sites is 1. The first kappa shape index (κ1) is 30.6. The van der Waals surface area contributed by atoms with E-state index in [1.807, 2.05) is 37.1 Å². The van der Waals surface area contributed by atoms with Gasteiger partial charge in [-0.3, -0.25) is 9.69 Å². The van der Waals surface area contributed by atoms with E-state index in [0.717, 1.165) is 5.69 Å². The molecule has 2 aliphatic rings. The van der Waals surface area contributed by atoms with Crippen molar-refractivity contribution in [3.8, 4) is 5.69 Å². The van der Waals surface area contributed by atoms with Crippen molar-refractivity contribution in [1.82, 2.24) is 29.7 Å². The number of hydrogen-bond donors (Lipinski definition) is 1. The molecule has 2 aromatic carbocycles. The maximum Gasteiger partial charge on any atom is 0.322 e. The molecule has 0 spiro atoms. The van der Waals surface area contributed by atoms with Gasteiger partial charge in [-0.15, -0.1) is 5.10 Å². The Morgan fingerprint density at radius 1 is 0.952 bits per heavy atom. The number of benzene rings is 2. The van der Waals surface area contributed by atoms with Gasteiger partial charge in [-0.25, -0.2) is 9.48 Å². The van der Waals surface area contributed by atoms with Gasteiger partial charge >= 0.3 is 6.03 Å². The predicted molar refractivity (Wildman–Crippen MR) is 164 cm³/mol. The number of aromatic nitrogens is 3. The van der Waals surface area contributed by atoms with E-state index < -0.39 is 5.54 Å². The van der Waals surface area contributed by atoms with Crippen LogP contribution in [0.4, 0.5) is 10.5 Å². The van der Waals surface area contributed by atoms with Gasteiger partial charge < -0.3 is 19.9 Å². The lowest BCUT2D eigenvalue weighted by Gasteiger charge is -2.43. The van der Waals surface area contributed by atoms with Crippen LogP contribution in [-0.4, -0.2) is 93.1 Å². The highest BCUT2D eigenvalue weighted by Gasteiger charge is 2.36. The molecule has 1 N–H and O–H groups in total. The molecule has 3 heterocycles. The molecule has 3 amide bonds. The first-order chi connectivity index (χ1) is 19.9. The fourth-order valence-corrected chi connectivity index (χ4v) is 6.51. The third kappa shape index (κ3) is 6.38. The summed E-state index contributed by atoms with van der Waals surface area (Å²) in [6.45, 7) is 11.3. The van der Waals surface area contributed by atoms with Crippen molar-refractivity contribution in [1.29, 1.82) is 0 Å². The number of urea groups is 1. The lowest BCUT2D eigenvalue weighted by atomic mass is 9.97. The Balaban J connectivity index is 1.24. The number of carbonyl (C=O) groups excluding carboxylic acids is 2. The SMILES string of the molecule is C[C@@H]1CN(C(=O)Nc2ccccc2C(=O)N2CCN(C(C)(C)c3cn(-c4c(Cl)cc(Cl)cc4Cl)nn3)CC2)C[C@H](C)O1. The number of nitrogens with zero attached hydrogens (tertiary/aromatic N) is 6. The molecule has 2 aliphatic heterocycles. The zero-order valence-electron chi connectivity index (χ0n) is 24.0. The van der Waals surface area contributed by atoms with Gasteiger partial charge in [0.1, 0.15) is 11.4 Å². The fraction of sp³-hybridized carbons (Fsp3) is 0.448. The molecule has 224 valence electrons. The predicted octanol–water partition coefficient (Wildman–Crippen LogP) is 5.56. The molecule has 2 saturated heterocycles. The van der Waals surface area contributed by atoms with Gasteiger partial charge in [0.25, 0.3) is 5.91 Å². The van der Waals surface area contributed by atoms with Gasteiger partial charge in [0.15, 0.2) is 0 Å². The van der Waals surface area contributed by atoms with Crippen LogP contribution in [0.1, 0.15) is 43.7 Å². The van der Waals surface area contributed by atoms with E-state index in [4.69, 9.17) is 39.5 Å². The van der Waals surface area contributed by atoms with Crippen molar-refractivity contribution in [2.45, 2.75) is 45.4 Å². The summed E-state index contributed by atoms with van der Waals surface area (Å²) in [7, 11) is 0. The molecule has 2 fully saturated rings. The summed E-state index contributed by atoms with van der Waals surface area (Å²) in [5.41, 5.74) is 1.74. The van der Waals surface area contributed by atoms with Gasteiger partial charge in [-0.2, -0.15) is 0 Å². The minimum atomic E-state index is -0.475. The molecule has 42 heavy (non-hydrogen) atoms. The maximum absolute atomic E-state index is 13.6. The lowest BCUT2D eigenvalue weighted by Crippen LogP contribution is -2.54. The molecular formula is C29H34Cl3N7O3. The Morgan fingerprint density at radius 2 is 1.57 bits per heavy atom. The van der Waals surface area contributed by atoms with Crippen molar-refractivity contribution in [2.24, 2.45) is 0 Å². The summed E-state index contributed by atoms with van der Waals surface area (Å²) in [4.78, 5) is 32.5. The molecular weight excluding hydrogens is 601 g/mol. The van der Waals surface area contributed by atoms with Gasteiger partial charge in [-0.1, -0.05) is 52.1 Å². The fourth-order valence-electron chi connectivity index (χ4n) is 5.52. The zero-order valence-corrected chi connectivity index (χ0v) is 26.2. The highest BCUT2D eigenvalue weighted by Crippen LogP contribution is 2.34.